The van der Waals surface area contributed by atoms with E-state index in [1.807, 2.05) is 6.07 Å². The zero-order chi connectivity index (χ0) is 23.1. The number of halogens is 1. The summed E-state index contributed by atoms with van der Waals surface area (Å²) < 4.78 is 28.0. The Morgan fingerprint density at radius 3 is 2.50 bits per heavy atom. The Labute approximate surface area is 192 Å². The average Bonchev–Trinajstić information content (AvgIpc) is 2.78. The number of carbonyl (C=O) groups excluding carboxylic acids is 1. The third-order valence-corrected chi connectivity index (χ3v) is 6.99. The summed E-state index contributed by atoms with van der Waals surface area (Å²) in [5.41, 5.74) is 1.51. The van der Waals surface area contributed by atoms with Crippen molar-refractivity contribution in [1.82, 2.24) is 5.32 Å². The normalized spacial score (nSPS) is 11.0. The third kappa shape index (κ3) is 5.49. The van der Waals surface area contributed by atoms with E-state index < -0.39 is 15.9 Å². The Kier molecular flexibility index (Phi) is 7.56. The van der Waals surface area contributed by atoms with E-state index in [4.69, 9.17) is 11.6 Å². The van der Waals surface area contributed by atoms with Crippen LogP contribution < -0.4 is 9.62 Å². The second-order valence-electron chi connectivity index (χ2n) is 6.98. The molecule has 8 heteroatoms. The number of phenolic OH excluding ortho intramolecular Hbond substituents is 1. The lowest BCUT2D eigenvalue weighted by Crippen LogP contribution is -2.32. The highest BCUT2D eigenvalue weighted by Crippen LogP contribution is 2.29. The molecule has 0 aliphatic carbocycles. The first-order chi connectivity index (χ1) is 15.3. The van der Waals surface area contributed by atoms with E-state index in [-0.39, 0.29) is 27.8 Å². The van der Waals surface area contributed by atoms with Crippen molar-refractivity contribution in [2.45, 2.75) is 11.3 Å². The van der Waals surface area contributed by atoms with Crippen LogP contribution in [-0.2, 0) is 16.4 Å². The van der Waals surface area contributed by atoms with E-state index in [0.29, 0.717) is 18.7 Å². The number of hydrogen-bond donors (Lipinski definition) is 2. The topological polar surface area (TPSA) is 86.7 Å². The number of sulfonamides is 1. The fourth-order valence-electron chi connectivity index (χ4n) is 3.15. The minimum atomic E-state index is -4.05. The molecule has 0 atom stereocenters. The van der Waals surface area contributed by atoms with Crippen LogP contribution in [-0.4, -0.2) is 32.5 Å². The van der Waals surface area contributed by atoms with Crippen molar-refractivity contribution in [2.75, 3.05) is 17.4 Å². The summed E-state index contributed by atoms with van der Waals surface area (Å²) in [5.74, 6) is -0.267. The summed E-state index contributed by atoms with van der Waals surface area (Å²) in [6.45, 7) is 4.01. The highest BCUT2D eigenvalue weighted by molar-refractivity contribution is 7.93. The van der Waals surface area contributed by atoms with Crippen LogP contribution in [0.2, 0.25) is 5.02 Å². The standard InChI is InChI=1S/C24H23ClN2O4S/c1-2-15-27(20-8-4-3-5-9-20)32(30,31)23-17-19(11-12-22(23)25)24(29)26-14-13-18-7-6-10-21(28)16-18/h2-12,16-17,28H,1,13-15H2,(H,26,29). The number of carbonyl (C=O) groups is 1. The Hall–Kier alpha value is -3.29. The molecule has 0 saturated heterocycles. The molecule has 0 fully saturated rings. The second kappa shape index (κ2) is 10.3. The van der Waals surface area contributed by atoms with E-state index in [1.54, 1.807) is 48.5 Å². The molecule has 166 valence electrons. The molecule has 3 rings (SSSR count). The number of hydrogen-bond acceptors (Lipinski definition) is 4. The first-order valence-electron chi connectivity index (χ1n) is 9.87. The minimum absolute atomic E-state index is 0.0197. The van der Waals surface area contributed by atoms with Gasteiger partial charge in [-0.05, 0) is 54.4 Å². The molecule has 0 spiro atoms. The van der Waals surface area contributed by atoms with Crippen molar-refractivity contribution in [3.05, 3.63) is 102 Å². The molecule has 0 aliphatic rings. The molecule has 0 aromatic heterocycles. The van der Waals surface area contributed by atoms with Gasteiger partial charge in [-0.1, -0.05) is 48.0 Å². The molecule has 3 aromatic rings. The highest BCUT2D eigenvalue weighted by Gasteiger charge is 2.27. The van der Waals surface area contributed by atoms with E-state index in [2.05, 4.69) is 11.9 Å². The third-order valence-electron chi connectivity index (χ3n) is 4.71. The highest BCUT2D eigenvalue weighted by atomic mass is 35.5. The maximum atomic E-state index is 13.4. The fraction of sp³-hybridized carbons (Fsp3) is 0.125. The van der Waals surface area contributed by atoms with Gasteiger partial charge in [0.15, 0.2) is 0 Å². The van der Waals surface area contributed by atoms with Gasteiger partial charge in [-0.15, -0.1) is 6.58 Å². The first kappa shape index (κ1) is 23.4. The molecule has 3 aromatic carbocycles. The molecule has 0 bridgehead atoms. The molecule has 2 N–H and O–H groups in total. The lowest BCUT2D eigenvalue weighted by Gasteiger charge is -2.24. The van der Waals surface area contributed by atoms with Crippen LogP contribution in [0.3, 0.4) is 0 Å². The Morgan fingerprint density at radius 1 is 1.06 bits per heavy atom. The monoisotopic (exact) mass is 470 g/mol. The SMILES string of the molecule is C=CCN(c1ccccc1)S(=O)(=O)c1cc(C(=O)NCCc2cccc(O)c2)ccc1Cl. The van der Waals surface area contributed by atoms with Crippen molar-refractivity contribution in [1.29, 1.82) is 0 Å². The van der Waals surface area contributed by atoms with Crippen LogP contribution in [0.1, 0.15) is 15.9 Å². The van der Waals surface area contributed by atoms with Gasteiger partial charge in [0.1, 0.15) is 10.6 Å². The molecule has 32 heavy (non-hydrogen) atoms. The maximum Gasteiger partial charge on any atom is 0.266 e. The van der Waals surface area contributed by atoms with Crippen LogP contribution in [0.25, 0.3) is 0 Å². The van der Waals surface area contributed by atoms with E-state index in [1.165, 1.54) is 28.6 Å². The molecule has 0 radical (unpaired) electrons. The van der Waals surface area contributed by atoms with Crippen molar-refractivity contribution in [3.8, 4) is 5.75 Å². The molecule has 0 aliphatic heterocycles. The number of rotatable bonds is 9. The Bertz CT molecular complexity index is 1210. The van der Waals surface area contributed by atoms with E-state index in [0.717, 1.165) is 5.56 Å². The lowest BCUT2D eigenvalue weighted by molar-refractivity contribution is 0.0954. The van der Waals surface area contributed by atoms with Crippen molar-refractivity contribution < 1.29 is 18.3 Å². The van der Waals surface area contributed by atoms with Gasteiger partial charge in [-0.25, -0.2) is 8.42 Å². The first-order valence-corrected chi connectivity index (χ1v) is 11.7. The van der Waals surface area contributed by atoms with E-state index in [9.17, 15) is 18.3 Å². The number of amides is 1. The summed E-state index contributed by atoms with van der Waals surface area (Å²) in [7, 11) is -4.05. The van der Waals surface area contributed by atoms with Gasteiger partial charge in [0, 0.05) is 12.1 Å². The van der Waals surface area contributed by atoms with Gasteiger partial charge < -0.3 is 10.4 Å². The second-order valence-corrected chi connectivity index (χ2v) is 9.22. The summed E-state index contributed by atoms with van der Waals surface area (Å²) >= 11 is 6.23. The van der Waals surface area contributed by atoms with Crippen molar-refractivity contribution >= 4 is 33.2 Å². The zero-order valence-electron chi connectivity index (χ0n) is 17.2. The van der Waals surface area contributed by atoms with Crippen molar-refractivity contribution in [2.24, 2.45) is 0 Å². The summed E-state index contributed by atoms with van der Waals surface area (Å²) in [4.78, 5) is 12.5. The van der Waals surface area contributed by atoms with Gasteiger partial charge in [-0.2, -0.15) is 0 Å². The van der Waals surface area contributed by atoms with Crippen LogP contribution in [0.15, 0.2) is 90.3 Å². The molecular weight excluding hydrogens is 448 g/mol. The number of nitrogens with zero attached hydrogens (tertiary/aromatic N) is 1. The van der Waals surface area contributed by atoms with Crippen LogP contribution >= 0.6 is 11.6 Å². The van der Waals surface area contributed by atoms with Gasteiger partial charge in [0.05, 0.1) is 17.3 Å². The summed E-state index contributed by atoms with van der Waals surface area (Å²) in [6.07, 6.45) is 2.00. The van der Waals surface area contributed by atoms with Crippen LogP contribution in [0.5, 0.6) is 5.75 Å². The Balaban J connectivity index is 1.82. The number of nitrogens with one attached hydrogen (secondary N) is 1. The van der Waals surface area contributed by atoms with Gasteiger partial charge in [0.2, 0.25) is 0 Å². The number of para-hydroxylation sites is 1. The summed E-state index contributed by atoms with van der Waals surface area (Å²) in [6, 6.07) is 19.5. The minimum Gasteiger partial charge on any atom is -0.508 e. The average molecular weight is 471 g/mol. The van der Waals surface area contributed by atoms with Crippen LogP contribution in [0, 0.1) is 0 Å². The predicted octanol–water partition coefficient (Wildman–Crippen LogP) is 4.40. The molecule has 0 unspecified atom stereocenters. The van der Waals surface area contributed by atoms with Crippen molar-refractivity contribution in [3.63, 3.8) is 0 Å². The molecule has 0 heterocycles. The molecule has 1 amide bonds. The maximum absolute atomic E-state index is 13.4. The molecule has 0 saturated carbocycles. The smallest absolute Gasteiger partial charge is 0.266 e. The van der Waals surface area contributed by atoms with Crippen LogP contribution in [0.4, 0.5) is 5.69 Å². The van der Waals surface area contributed by atoms with E-state index >= 15 is 0 Å². The number of benzene rings is 3. The fourth-order valence-corrected chi connectivity index (χ4v) is 5.09. The van der Waals surface area contributed by atoms with Gasteiger partial charge in [-0.3, -0.25) is 9.10 Å². The largest absolute Gasteiger partial charge is 0.508 e. The quantitative estimate of drug-likeness (QED) is 0.454. The number of phenols is 1. The zero-order valence-corrected chi connectivity index (χ0v) is 18.8. The molecular formula is C24H23ClN2O4S. The molecule has 6 nitrogen and oxygen atoms in total. The Morgan fingerprint density at radius 2 is 1.81 bits per heavy atom. The predicted molar refractivity (Wildman–Crippen MR) is 127 cm³/mol. The number of anilines is 1. The van der Waals surface area contributed by atoms with Gasteiger partial charge >= 0.3 is 0 Å². The van der Waals surface area contributed by atoms with Gasteiger partial charge in [0.25, 0.3) is 15.9 Å². The number of aromatic hydroxyl groups is 1. The summed E-state index contributed by atoms with van der Waals surface area (Å²) in [5, 5.41) is 12.3. The lowest BCUT2D eigenvalue weighted by atomic mass is 10.1.